The molecule has 0 radical (unpaired) electrons. The summed E-state index contributed by atoms with van der Waals surface area (Å²) in [6, 6.07) is 4.28. The monoisotopic (exact) mass is 270 g/mol. The van der Waals surface area contributed by atoms with Crippen LogP contribution in [0.2, 0.25) is 5.02 Å². The van der Waals surface area contributed by atoms with Crippen LogP contribution in [0.3, 0.4) is 0 Å². The van der Waals surface area contributed by atoms with Crippen molar-refractivity contribution >= 4 is 23.0 Å². The predicted octanol–water partition coefficient (Wildman–Crippen LogP) is 2.96. The van der Waals surface area contributed by atoms with E-state index >= 15 is 0 Å². The Bertz CT molecular complexity index is 453. The first-order chi connectivity index (χ1) is 8.58. The van der Waals surface area contributed by atoms with E-state index < -0.39 is 4.92 Å². The van der Waals surface area contributed by atoms with Gasteiger partial charge < -0.3 is 10.4 Å². The topological polar surface area (TPSA) is 75.4 Å². The predicted molar refractivity (Wildman–Crippen MR) is 70.0 cm³/mol. The standard InChI is InChI=1S/C12H15ClN2O3/c13-9-7-8(15(17)18)5-6-10(9)14-11-3-1-2-4-12(11)16/h5-7,11-12,14,16H,1-4H2/t11-,12-/m0/s1. The van der Waals surface area contributed by atoms with Crippen LogP contribution in [0.4, 0.5) is 11.4 Å². The van der Waals surface area contributed by atoms with Gasteiger partial charge in [-0.25, -0.2) is 0 Å². The Kier molecular flexibility index (Phi) is 4.04. The molecule has 98 valence electrons. The zero-order chi connectivity index (χ0) is 13.1. The lowest BCUT2D eigenvalue weighted by molar-refractivity contribution is -0.384. The summed E-state index contributed by atoms with van der Waals surface area (Å²) in [5.41, 5.74) is 0.600. The van der Waals surface area contributed by atoms with Gasteiger partial charge in [-0.1, -0.05) is 24.4 Å². The van der Waals surface area contributed by atoms with Crippen LogP contribution in [0, 0.1) is 10.1 Å². The van der Waals surface area contributed by atoms with Gasteiger partial charge in [-0.3, -0.25) is 10.1 Å². The van der Waals surface area contributed by atoms with Crippen molar-refractivity contribution < 1.29 is 10.0 Å². The summed E-state index contributed by atoms with van der Waals surface area (Å²) in [6.45, 7) is 0. The quantitative estimate of drug-likeness (QED) is 0.654. The van der Waals surface area contributed by atoms with Gasteiger partial charge in [0.05, 0.1) is 27.8 Å². The Hall–Kier alpha value is -1.33. The van der Waals surface area contributed by atoms with Crippen molar-refractivity contribution in [1.29, 1.82) is 0 Å². The normalized spacial score (nSPS) is 23.7. The smallest absolute Gasteiger partial charge is 0.271 e. The Morgan fingerprint density at radius 3 is 2.72 bits per heavy atom. The van der Waals surface area contributed by atoms with Gasteiger partial charge in [0.2, 0.25) is 0 Å². The summed E-state index contributed by atoms with van der Waals surface area (Å²) < 4.78 is 0. The molecule has 2 atom stereocenters. The van der Waals surface area contributed by atoms with Gasteiger partial charge in [0.1, 0.15) is 0 Å². The molecule has 5 nitrogen and oxygen atoms in total. The van der Waals surface area contributed by atoms with Gasteiger partial charge in [0, 0.05) is 12.1 Å². The summed E-state index contributed by atoms with van der Waals surface area (Å²) in [5, 5.41) is 23.9. The first-order valence-corrected chi connectivity index (χ1v) is 6.34. The minimum Gasteiger partial charge on any atom is -0.391 e. The maximum atomic E-state index is 10.6. The molecular formula is C12H15ClN2O3. The molecule has 1 aliphatic rings. The highest BCUT2D eigenvalue weighted by Gasteiger charge is 2.23. The number of hydrogen-bond acceptors (Lipinski definition) is 4. The number of nitrogens with zero attached hydrogens (tertiary/aromatic N) is 1. The van der Waals surface area contributed by atoms with Crippen molar-refractivity contribution in [3.63, 3.8) is 0 Å². The van der Waals surface area contributed by atoms with Crippen molar-refractivity contribution in [2.24, 2.45) is 0 Å². The van der Waals surface area contributed by atoms with Crippen LogP contribution in [0.1, 0.15) is 25.7 Å². The number of nitro groups is 1. The average molecular weight is 271 g/mol. The Balaban J connectivity index is 2.11. The van der Waals surface area contributed by atoms with Crippen LogP contribution in [-0.4, -0.2) is 22.2 Å². The molecule has 0 heterocycles. The van der Waals surface area contributed by atoms with Crippen LogP contribution in [-0.2, 0) is 0 Å². The van der Waals surface area contributed by atoms with Gasteiger partial charge >= 0.3 is 0 Å². The lowest BCUT2D eigenvalue weighted by Crippen LogP contribution is -2.36. The van der Waals surface area contributed by atoms with E-state index in [0.29, 0.717) is 10.7 Å². The fraction of sp³-hybridized carbons (Fsp3) is 0.500. The molecule has 1 aromatic carbocycles. The van der Waals surface area contributed by atoms with Gasteiger partial charge in [0.15, 0.2) is 0 Å². The van der Waals surface area contributed by atoms with E-state index in [1.54, 1.807) is 6.07 Å². The molecule has 0 saturated heterocycles. The summed E-state index contributed by atoms with van der Waals surface area (Å²) in [4.78, 5) is 10.1. The SMILES string of the molecule is O=[N+]([O-])c1ccc(N[C@H]2CCCC[C@@H]2O)c(Cl)c1. The molecule has 1 saturated carbocycles. The van der Waals surface area contributed by atoms with Crippen LogP contribution < -0.4 is 5.32 Å². The highest BCUT2D eigenvalue weighted by molar-refractivity contribution is 6.33. The van der Waals surface area contributed by atoms with E-state index in [1.165, 1.54) is 12.1 Å². The molecule has 18 heavy (non-hydrogen) atoms. The van der Waals surface area contributed by atoms with E-state index in [2.05, 4.69) is 5.32 Å². The van der Waals surface area contributed by atoms with Crippen LogP contribution in [0.25, 0.3) is 0 Å². The molecular weight excluding hydrogens is 256 g/mol. The summed E-state index contributed by atoms with van der Waals surface area (Å²) in [5.74, 6) is 0. The average Bonchev–Trinajstić information content (AvgIpc) is 2.34. The molecule has 0 spiro atoms. The fourth-order valence-electron chi connectivity index (χ4n) is 2.21. The zero-order valence-corrected chi connectivity index (χ0v) is 10.6. The minimum absolute atomic E-state index is 0.0299. The Morgan fingerprint density at radius 1 is 1.39 bits per heavy atom. The van der Waals surface area contributed by atoms with Crippen LogP contribution in [0.15, 0.2) is 18.2 Å². The van der Waals surface area contributed by atoms with Gasteiger partial charge in [0.25, 0.3) is 5.69 Å². The van der Waals surface area contributed by atoms with E-state index in [1.807, 2.05) is 0 Å². The number of aliphatic hydroxyl groups excluding tert-OH is 1. The summed E-state index contributed by atoms with van der Waals surface area (Å²) in [6.07, 6.45) is 3.38. The fourth-order valence-corrected chi connectivity index (χ4v) is 2.44. The molecule has 0 aromatic heterocycles. The molecule has 1 aromatic rings. The molecule has 0 bridgehead atoms. The Morgan fingerprint density at radius 2 is 2.11 bits per heavy atom. The maximum Gasteiger partial charge on any atom is 0.271 e. The molecule has 2 N–H and O–H groups in total. The number of non-ortho nitro benzene ring substituents is 1. The number of hydrogen-bond donors (Lipinski definition) is 2. The minimum atomic E-state index is -0.481. The molecule has 0 unspecified atom stereocenters. The largest absolute Gasteiger partial charge is 0.391 e. The number of halogens is 1. The van der Waals surface area contributed by atoms with Crippen LogP contribution in [0.5, 0.6) is 0 Å². The highest BCUT2D eigenvalue weighted by atomic mass is 35.5. The van der Waals surface area contributed by atoms with Gasteiger partial charge in [-0.15, -0.1) is 0 Å². The van der Waals surface area contributed by atoms with Crippen molar-refractivity contribution in [3.8, 4) is 0 Å². The first-order valence-electron chi connectivity index (χ1n) is 5.96. The van der Waals surface area contributed by atoms with E-state index in [0.717, 1.165) is 25.7 Å². The van der Waals surface area contributed by atoms with Crippen LogP contribution >= 0.6 is 11.6 Å². The van der Waals surface area contributed by atoms with Gasteiger partial charge in [-0.2, -0.15) is 0 Å². The number of anilines is 1. The molecule has 0 amide bonds. The molecule has 1 aliphatic carbocycles. The molecule has 0 aliphatic heterocycles. The molecule has 1 fully saturated rings. The van der Waals surface area contributed by atoms with Crippen molar-refractivity contribution in [2.75, 3.05) is 5.32 Å². The number of benzene rings is 1. The van der Waals surface area contributed by atoms with Crippen molar-refractivity contribution in [2.45, 2.75) is 37.8 Å². The van der Waals surface area contributed by atoms with Crippen molar-refractivity contribution in [3.05, 3.63) is 33.3 Å². The number of nitrogens with one attached hydrogen (secondary N) is 1. The van der Waals surface area contributed by atoms with E-state index in [9.17, 15) is 15.2 Å². The number of nitro benzene ring substituents is 1. The lowest BCUT2D eigenvalue weighted by Gasteiger charge is -2.29. The van der Waals surface area contributed by atoms with Crippen molar-refractivity contribution in [1.82, 2.24) is 0 Å². The van der Waals surface area contributed by atoms with Gasteiger partial charge in [-0.05, 0) is 18.9 Å². The summed E-state index contributed by atoms with van der Waals surface area (Å²) in [7, 11) is 0. The third-order valence-corrected chi connectivity index (χ3v) is 3.55. The summed E-state index contributed by atoms with van der Waals surface area (Å²) >= 11 is 5.99. The maximum absolute atomic E-state index is 10.6. The second-order valence-electron chi connectivity index (χ2n) is 4.52. The lowest BCUT2D eigenvalue weighted by atomic mass is 9.92. The molecule has 2 rings (SSSR count). The molecule has 6 heteroatoms. The third kappa shape index (κ3) is 2.91. The Labute approximate surface area is 110 Å². The highest BCUT2D eigenvalue weighted by Crippen LogP contribution is 2.29. The van der Waals surface area contributed by atoms with E-state index in [4.69, 9.17) is 11.6 Å². The first kappa shape index (κ1) is 13.1. The van der Waals surface area contributed by atoms with E-state index in [-0.39, 0.29) is 17.8 Å². The second kappa shape index (κ2) is 5.54. The number of rotatable bonds is 3. The second-order valence-corrected chi connectivity index (χ2v) is 4.93. The number of aliphatic hydroxyl groups is 1. The third-order valence-electron chi connectivity index (χ3n) is 3.23. The zero-order valence-electron chi connectivity index (χ0n) is 9.80.